The number of halogens is 1. The van der Waals surface area contributed by atoms with Crippen LogP contribution in [0.15, 0.2) is 17.0 Å². The van der Waals surface area contributed by atoms with Crippen LogP contribution in [0.1, 0.15) is 12.5 Å². The molecular weight excluding hydrogens is 235 g/mol. The smallest absolute Gasteiger partial charge is 0.178 e. The third kappa shape index (κ3) is 2.79. The van der Waals surface area contributed by atoms with Crippen LogP contribution in [0.25, 0.3) is 0 Å². The number of hydrogen-bond acceptors (Lipinski definition) is 4. The Balaban J connectivity index is 3.33. The molecule has 16 heavy (non-hydrogen) atoms. The molecule has 0 atom stereocenters. The Labute approximate surface area is 92.6 Å². The Hall–Kier alpha value is -1.43. The quantitative estimate of drug-likeness (QED) is 0.865. The Kier molecular flexibility index (Phi) is 3.32. The van der Waals surface area contributed by atoms with Gasteiger partial charge in [0.05, 0.1) is 0 Å². The van der Waals surface area contributed by atoms with Gasteiger partial charge >= 0.3 is 0 Å². The van der Waals surface area contributed by atoms with E-state index < -0.39 is 26.3 Å². The topological polar surface area (TPSA) is 71.4 Å². The molecule has 0 amide bonds. The van der Waals surface area contributed by atoms with Crippen molar-refractivity contribution in [3.63, 3.8) is 0 Å². The number of carbonyl (C=O) groups is 1. The van der Waals surface area contributed by atoms with Gasteiger partial charge in [0.15, 0.2) is 9.84 Å². The molecule has 0 fully saturated rings. The van der Waals surface area contributed by atoms with Gasteiger partial charge in [0.25, 0.3) is 0 Å². The molecule has 88 valence electrons. The number of hydrogen-bond donors (Lipinski definition) is 1. The lowest BCUT2D eigenvalue weighted by Crippen LogP contribution is -2.04. The third-order valence-corrected chi connectivity index (χ3v) is 3.08. The van der Waals surface area contributed by atoms with Crippen LogP contribution in [0.2, 0.25) is 0 Å². The molecule has 1 aromatic carbocycles. The fourth-order valence-electron chi connectivity index (χ4n) is 1.28. The van der Waals surface area contributed by atoms with Crippen molar-refractivity contribution in [3.8, 4) is 5.75 Å². The summed E-state index contributed by atoms with van der Waals surface area (Å²) in [6, 6.07) is 1.69. The first-order valence-corrected chi connectivity index (χ1v) is 6.32. The van der Waals surface area contributed by atoms with Crippen molar-refractivity contribution in [2.75, 3.05) is 6.26 Å². The molecule has 1 aromatic rings. The summed E-state index contributed by atoms with van der Waals surface area (Å²) in [4.78, 5) is 10.2. The van der Waals surface area contributed by atoms with Gasteiger partial charge in [-0.2, -0.15) is 0 Å². The fraction of sp³-hybridized carbons (Fsp3) is 0.300. The molecule has 0 bridgehead atoms. The highest BCUT2D eigenvalue weighted by atomic mass is 32.2. The van der Waals surface area contributed by atoms with E-state index in [1.807, 2.05) is 0 Å². The van der Waals surface area contributed by atoms with Crippen LogP contribution in [0.5, 0.6) is 5.75 Å². The van der Waals surface area contributed by atoms with E-state index in [-0.39, 0.29) is 17.8 Å². The maximum absolute atomic E-state index is 13.4. The van der Waals surface area contributed by atoms with E-state index in [1.165, 1.54) is 6.92 Å². The highest BCUT2D eigenvalue weighted by Gasteiger charge is 2.17. The summed E-state index contributed by atoms with van der Waals surface area (Å²) in [7, 11) is -3.72. The SMILES string of the molecule is CC(=O)Cc1cc(F)c(S(C)(=O)=O)cc1O. The number of sulfone groups is 1. The number of carbonyl (C=O) groups excluding carboxylic acids is 1. The Morgan fingerprint density at radius 3 is 2.44 bits per heavy atom. The van der Waals surface area contributed by atoms with Crippen molar-refractivity contribution in [2.45, 2.75) is 18.2 Å². The Bertz CT molecular complexity index is 534. The van der Waals surface area contributed by atoms with Crippen molar-refractivity contribution >= 4 is 15.6 Å². The molecule has 0 unspecified atom stereocenters. The van der Waals surface area contributed by atoms with Crippen molar-refractivity contribution in [2.24, 2.45) is 0 Å². The minimum atomic E-state index is -3.72. The van der Waals surface area contributed by atoms with Gasteiger partial charge < -0.3 is 5.11 Å². The second-order valence-corrected chi connectivity index (χ2v) is 5.55. The molecule has 0 saturated carbocycles. The number of rotatable bonds is 3. The van der Waals surface area contributed by atoms with Crippen molar-refractivity contribution < 1.29 is 22.7 Å². The Morgan fingerprint density at radius 2 is 2.00 bits per heavy atom. The van der Waals surface area contributed by atoms with Gasteiger partial charge in [-0.15, -0.1) is 0 Å². The van der Waals surface area contributed by atoms with Crippen LogP contribution in [0, 0.1) is 5.82 Å². The van der Waals surface area contributed by atoms with E-state index in [9.17, 15) is 22.7 Å². The number of Topliss-reactive ketones (excluding diaryl/α,β-unsaturated/α-hetero) is 1. The summed E-state index contributed by atoms with van der Waals surface area (Å²) in [5, 5.41) is 9.44. The second-order valence-electron chi connectivity index (χ2n) is 3.56. The molecule has 0 saturated heterocycles. The highest BCUT2D eigenvalue weighted by molar-refractivity contribution is 7.90. The standard InChI is InChI=1S/C10H11FO4S/c1-6(12)3-7-4-8(11)10(5-9(7)13)16(2,14)15/h4-5,13H,3H2,1-2H3. The number of phenols is 1. The minimum absolute atomic E-state index is 0.0809. The summed E-state index contributed by atoms with van der Waals surface area (Å²) in [6.45, 7) is 1.29. The van der Waals surface area contributed by atoms with Gasteiger partial charge in [-0.1, -0.05) is 0 Å². The molecule has 0 aliphatic heterocycles. The average molecular weight is 246 g/mol. The fourth-order valence-corrected chi connectivity index (χ4v) is 2.02. The van der Waals surface area contributed by atoms with Gasteiger partial charge in [-0.3, -0.25) is 4.79 Å². The number of ketones is 1. The van der Waals surface area contributed by atoms with Crippen LogP contribution in [-0.4, -0.2) is 25.6 Å². The first-order chi connectivity index (χ1) is 7.21. The number of aromatic hydroxyl groups is 1. The lowest BCUT2D eigenvalue weighted by molar-refractivity contribution is -0.116. The molecule has 0 aliphatic carbocycles. The zero-order valence-corrected chi connectivity index (χ0v) is 9.64. The molecule has 1 N–H and O–H groups in total. The van der Waals surface area contributed by atoms with Crippen LogP contribution in [-0.2, 0) is 21.1 Å². The van der Waals surface area contributed by atoms with Crippen molar-refractivity contribution in [3.05, 3.63) is 23.5 Å². The summed E-state index contributed by atoms with van der Waals surface area (Å²) in [5.74, 6) is -1.60. The van der Waals surface area contributed by atoms with E-state index in [0.29, 0.717) is 0 Å². The zero-order chi connectivity index (χ0) is 12.5. The largest absolute Gasteiger partial charge is 0.508 e. The van der Waals surface area contributed by atoms with E-state index in [2.05, 4.69) is 0 Å². The zero-order valence-electron chi connectivity index (χ0n) is 8.82. The van der Waals surface area contributed by atoms with Gasteiger partial charge in [0.2, 0.25) is 0 Å². The summed E-state index contributed by atoms with van der Waals surface area (Å²) in [5.41, 5.74) is 0.0809. The van der Waals surface area contributed by atoms with Gasteiger partial charge in [0, 0.05) is 24.3 Å². The highest BCUT2D eigenvalue weighted by Crippen LogP contribution is 2.25. The molecule has 1 rings (SSSR count). The van der Waals surface area contributed by atoms with Crippen molar-refractivity contribution in [1.82, 2.24) is 0 Å². The van der Waals surface area contributed by atoms with Crippen LogP contribution >= 0.6 is 0 Å². The first-order valence-electron chi connectivity index (χ1n) is 4.42. The molecule has 0 spiro atoms. The number of phenolic OH excluding ortho intramolecular Hbond substituents is 1. The summed E-state index contributed by atoms with van der Waals surface area (Å²) < 4.78 is 35.6. The lowest BCUT2D eigenvalue weighted by atomic mass is 10.1. The molecule has 0 aromatic heterocycles. The first kappa shape index (κ1) is 12.6. The predicted octanol–water partition coefficient (Wildman–Crippen LogP) is 1.07. The normalized spacial score (nSPS) is 11.4. The molecule has 0 radical (unpaired) electrons. The molecular formula is C10H11FO4S. The van der Waals surface area contributed by atoms with Crippen LogP contribution in [0.4, 0.5) is 4.39 Å². The van der Waals surface area contributed by atoms with Crippen molar-refractivity contribution in [1.29, 1.82) is 0 Å². The van der Waals surface area contributed by atoms with E-state index >= 15 is 0 Å². The van der Waals surface area contributed by atoms with Gasteiger partial charge in [-0.25, -0.2) is 12.8 Å². The molecule has 6 heteroatoms. The molecule has 0 heterocycles. The minimum Gasteiger partial charge on any atom is -0.508 e. The Morgan fingerprint density at radius 1 is 1.44 bits per heavy atom. The summed E-state index contributed by atoms with van der Waals surface area (Å²) in [6.07, 6.45) is 0.711. The molecule has 4 nitrogen and oxygen atoms in total. The van der Waals surface area contributed by atoms with Crippen LogP contribution in [0.3, 0.4) is 0 Å². The lowest BCUT2D eigenvalue weighted by Gasteiger charge is -2.06. The maximum Gasteiger partial charge on any atom is 0.178 e. The monoisotopic (exact) mass is 246 g/mol. The maximum atomic E-state index is 13.4. The summed E-state index contributed by atoms with van der Waals surface area (Å²) >= 11 is 0. The van der Waals surface area contributed by atoms with E-state index in [0.717, 1.165) is 18.4 Å². The van der Waals surface area contributed by atoms with Gasteiger partial charge in [-0.05, 0) is 13.0 Å². The van der Waals surface area contributed by atoms with Gasteiger partial charge in [0.1, 0.15) is 22.2 Å². The van der Waals surface area contributed by atoms with Crippen LogP contribution < -0.4 is 0 Å². The number of benzene rings is 1. The second kappa shape index (κ2) is 4.21. The third-order valence-electron chi connectivity index (χ3n) is 1.97. The predicted molar refractivity (Wildman–Crippen MR) is 55.6 cm³/mol. The average Bonchev–Trinajstić information content (AvgIpc) is 2.07. The van der Waals surface area contributed by atoms with E-state index in [1.54, 1.807) is 0 Å². The van der Waals surface area contributed by atoms with E-state index in [4.69, 9.17) is 0 Å². The molecule has 0 aliphatic rings.